The molecule has 7 nitrogen and oxygen atoms in total. The van der Waals surface area contributed by atoms with Crippen molar-refractivity contribution in [3.63, 3.8) is 0 Å². The maximum atomic E-state index is 12.9. The van der Waals surface area contributed by atoms with E-state index < -0.39 is 23.9 Å². The minimum absolute atomic E-state index is 0.00225. The molecule has 0 fully saturated rings. The Bertz CT molecular complexity index is 1220. The Hall–Kier alpha value is -3.10. The van der Waals surface area contributed by atoms with Gasteiger partial charge in [0.15, 0.2) is 17.5 Å². The van der Waals surface area contributed by atoms with Gasteiger partial charge in [-0.2, -0.15) is 23.1 Å². The van der Waals surface area contributed by atoms with Crippen molar-refractivity contribution in [1.29, 1.82) is 5.26 Å². The summed E-state index contributed by atoms with van der Waals surface area (Å²) in [6.45, 7) is 5.55. The van der Waals surface area contributed by atoms with Crippen LogP contribution in [0.4, 0.5) is 13.2 Å². The zero-order valence-electron chi connectivity index (χ0n) is 18.4. The van der Waals surface area contributed by atoms with Crippen molar-refractivity contribution < 1.29 is 18.0 Å². The van der Waals surface area contributed by atoms with Gasteiger partial charge >= 0.3 is 6.18 Å². The number of benzene rings is 1. The van der Waals surface area contributed by atoms with Crippen molar-refractivity contribution in [3.05, 3.63) is 64.3 Å². The number of pyridine rings is 1. The van der Waals surface area contributed by atoms with Crippen LogP contribution < -0.4 is 5.32 Å². The molecular formula is C22H20ClF3N6OS. The van der Waals surface area contributed by atoms with Gasteiger partial charge in [-0.05, 0) is 37.3 Å². The number of alkyl halides is 3. The normalized spacial score (nSPS) is 12.4. The topological polar surface area (TPSA) is 96.5 Å². The summed E-state index contributed by atoms with van der Waals surface area (Å²) in [4.78, 5) is 21.9. The van der Waals surface area contributed by atoms with Crippen molar-refractivity contribution in [2.24, 2.45) is 0 Å². The Morgan fingerprint density at radius 1 is 1.26 bits per heavy atom. The summed E-state index contributed by atoms with van der Waals surface area (Å²) in [5.74, 6) is -0.259. The van der Waals surface area contributed by atoms with Crippen molar-refractivity contribution in [2.45, 2.75) is 43.8 Å². The first-order valence-electron chi connectivity index (χ1n) is 10.1. The van der Waals surface area contributed by atoms with E-state index in [-0.39, 0.29) is 21.4 Å². The van der Waals surface area contributed by atoms with Crippen molar-refractivity contribution >= 4 is 29.3 Å². The standard InChI is InChI=1S/C22H20ClF3N6OS/c1-12(2)19-30-20(32(31-19)18-5-4-14(9-27)10-28-18)13(3)29-21(33)15-6-16(23)8-17(7-15)34-11-22(24,25)26/h4-8,10,12-13H,11H2,1-3H3,(H,29,33)/t13-/m0/s1. The van der Waals surface area contributed by atoms with Gasteiger partial charge in [-0.25, -0.2) is 9.97 Å². The Morgan fingerprint density at radius 2 is 2.00 bits per heavy atom. The van der Waals surface area contributed by atoms with E-state index in [2.05, 4.69) is 20.4 Å². The lowest BCUT2D eigenvalue weighted by atomic mass is 10.2. The summed E-state index contributed by atoms with van der Waals surface area (Å²) in [6, 6.07) is 8.70. The highest BCUT2D eigenvalue weighted by molar-refractivity contribution is 7.99. The first-order valence-corrected chi connectivity index (χ1v) is 11.5. The number of amides is 1. The summed E-state index contributed by atoms with van der Waals surface area (Å²) >= 11 is 6.58. The van der Waals surface area contributed by atoms with Crippen LogP contribution in [-0.2, 0) is 0 Å². The highest BCUT2D eigenvalue weighted by Crippen LogP contribution is 2.30. The van der Waals surface area contributed by atoms with Gasteiger partial charge in [-0.3, -0.25) is 4.79 Å². The number of nitrogens with zero attached hydrogens (tertiary/aromatic N) is 5. The first-order chi connectivity index (χ1) is 16.0. The van der Waals surface area contributed by atoms with Crippen LogP contribution in [0.2, 0.25) is 5.02 Å². The number of aromatic nitrogens is 4. The summed E-state index contributed by atoms with van der Waals surface area (Å²) in [5, 5.41) is 16.4. The lowest BCUT2D eigenvalue weighted by molar-refractivity contribution is -0.105. The number of halogens is 4. The molecule has 1 aromatic carbocycles. The zero-order chi connectivity index (χ0) is 25.0. The van der Waals surface area contributed by atoms with E-state index in [1.54, 1.807) is 19.1 Å². The zero-order valence-corrected chi connectivity index (χ0v) is 20.0. The molecule has 0 saturated heterocycles. The van der Waals surface area contributed by atoms with E-state index in [4.69, 9.17) is 16.9 Å². The molecule has 3 aromatic rings. The average molecular weight is 509 g/mol. The van der Waals surface area contributed by atoms with Gasteiger partial charge in [0.05, 0.1) is 17.4 Å². The van der Waals surface area contributed by atoms with Crippen LogP contribution in [-0.4, -0.2) is 37.6 Å². The number of nitriles is 1. The highest BCUT2D eigenvalue weighted by atomic mass is 35.5. The fourth-order valence-corrected chi connectivity index (χ4v) is 3.95. The van der Waals surface area contributed by atoms with E-state index >= 15 is 0 Å². The van der Waals surface area contributed by atoms with Crippen LogP contribution in [0, 0.1) is 11.3 Å². The minimum atomic E-state index is -4.35. The van der Waals surface area contributed by atoms with E-state index in [0.29, 0.717) is 34.8 Å². The largest absolute Gasteiger partial charge is 0.398 e. The molecule has 1 amide bonds. The summed E-state index contributed by atoms with van der Waals surface area (Å²) in [5.41, 5.74) is 0.506. The number of hydrogen-bond donors (Lipinski definition) is 1. The summed E-state index contributed by atoms with van der Waals surface area (Å²) in [6.07, 6.45) is -2.94. The second-order valence-corrected chi connectivity index (χ2v) is 9.17. The molecule has 0 aliphatic carbocycles. The third kappa shape index (κ3) is 6.48. The molecule has 12 heteroatoms. The van der Waals surface area contributed by atoms with Gasteiger partial charge in [0.1, 0.15) is 6.07 Å². The second-order valence-electron chi connectivity index (χ2n) is 7.69. The number of thioether (sulfide) groups is 1. The molecule has 178 valence electrons. The molecule has 1 atom stereocenters. The molecule has 0 bridgehead atoms. The van der Waals surface area contributed by atoms with Crippen LogP contribution in [0.25, 0.3) is 5.82 Å². The van der Waals surface area contributed by atoms with Gasteiger partial charge in [0.2, 0.25) is 0 Å². The van der Waals surface area contributed by atoms with Gasteiger partial charge in [-0.15, -0.1) is 16.9 Å². The molecule has 3 rings (SSSR count). The average Bonchev–Trinajstić information content (AvgIpc) is 3.23. The molecule has 0 unspecified atom stereocenters. The predicted molar refractivity (Wildman–Crippen MR) is 122 cm³/mol. The van der Waals surface area contributed by atoms with Gasteiger partial charge in [0.25, 0.3) is 5.91 Å². The van der Waals surface area contributed by atoms with Crippen LogP contribution in [0.5, 0.6) is 0 Å². The second kappa shape index (κ2) is 10.4. The van der Waals surface area contributed by atoms with Gasteiger partial charge in [-0.1, -0.05) is 25.4 Å². The Morgan fingerprint density at radius 3 is 2.59 bits per heavy atom. The molecule has 0 saturated carbocycles. The lowest BCUT2D eigenvalue weighted by Crippen LogP contribution is -2.29. The molecule has 34 heavy (non-hydrogen) atoms. The fraction of sp³-hybridized carbons (Fsp3) is 0.318. The third-order valence-corrected chi connectivity index (χ3v) is 5.79. The quantitative estimate of drug-likeness (QED) is 0.426. The third-order valence-electron chi connectivity index (χ3n) is 4.53. The monoisotopic (exact) mass is 508 g/mol. The number of carbonyl (C=O) groups is 1. The maximum absolute atomic E-state index is 12.9. The minimum Gasteiger partial charge on any atom is -0.342 e. The van der Waals surface area contributed by atoms with E-state index in [9.17, 15) is 18.0 Å². The predicted octanol–water partition coefficient (Wildman–Crippen LogP) is 5.46. The molecule has 0 spiro atoms. The van der Waals surface area contributed by atoms with Gasteiger partial charge in [0, 0.05) is 27.6 Å². The number of nitrogens with one attached hydrogen (secondary N) is 1. The van der Waals surface area contributed by atoms with Gasteiger partial charge < -0.3 is 5.32 Å². The molecular weight excluding hydrogens is 489 g/mol. The fourth-order valence-electron chi connectivity index (χ4n) is 2.90. The summed E-state index contributed by atoms with van der Waals surface area (Å²) in [7, 11) is 0. The smallest absolute Gasteiger partial charge is 0.342 e. The lowest BCUT2D eigenvalue weighted by Gasteiger charge is -2.15. The van der Waals surface area contributed by atoms with Crippen molar-refractivity contribution in [3.8, 4) is 11.9 Å². The maximum Gasteiger partial charge on any atom is 0.398 e. The van der Waals surface area contributed by atoms with Crippen LogP contribution in [0.15, 0.2) is 41.4 Å². The number of rotatable bonds is 7. The molecule has 1 N–H and O–H groups in total. The Balaban J connectivity index is 1.86. The van der Waals surface area contributed by atoms with Crippen LogP contribution in [0.3, 0.4) is 0 Å². The Kier molecular flexibility index (Phi) is 7.84. The van der Waals surface area contributed by atoms with E-state index in [1.807, 2.05) is 19.9 Å². The first kappa shape index (κ1) is 25.5. The Labute approximate surface area is 203 Å². The SMILES string of the molecule is CC(C)c1nc([C@H](C)NC(=O)c2cc(Cl)cc(SCC(F)(F)F)c2)n(-c2ccc(C#N)cn2)n1. The molecule has 0 aliphatic rings. The molecule has 0 radical (unpaired) electrons. The van der Waals surface area contributed by atoms with Crippen molar-refractivity contribution in [1.82, 2.24) is 25.1 Å². The van der Waals surface area contributed by atoms with E-state index in [1.165, 1.54) is 29.1 Å². The van der Waals surface area contributed by atoms with Crippen LogP contribution >= 0.6 is 23.4 Å². The highest BCUT2D eigenvalue weighted by Gasteiger charge is 2.27. The summed E-state index contributed by atoms with van der Waals surface area (Å²) < 4.78 is 39.2. The molecule has 0 aliphatic heterocycles. The van der Waals surface area contributed by atoms with Crippen LogP contribution in [0.1, 0.15) is 60.3 Å². The number of hydrogen-bond acceptors (Lipinski definition) is 6. The molecule has 2 heterocycles. The number of carbonyl (C=O) groups excluding carboxylic acids is 1. The van der Waals surface area contributed by atoms with Crippen molar-refractivity contribution in [2.75, 3.05) is 5.75 Å². The van der Waals surface area contributed by atoms with E-state index in [0.717, 1.165) is 0 Å². The molecule has 2 aromatic heterocycles.